The van der Waals surface area contributed by atoms with Crippen molar-refractivity contribution < 1.29 is 14.7 Å². The molecule has 0 saturated carbocycles. The summed E-state index contributed by atoms with van der Waals surface area (Å²) in [6.45, 7) is 2.65. The van der Waals surface area contributed by atoms with Crippen molar-refractivity contribution in [2.75, 3.05) is 6.54 Å². The fourth-order valence-corrected chi connectivity index (χ4v) is 0.231. The Labute approximate surface area is 52.2 Å². The van der Waals surface area contributed by atoms with E-state index in [2.05, 4.69) is 6.58 Å². The van der Waals surface area contributed by atoms with Crippen LogP contribution in [0.4, 0.5) is 0 Å². The van der Waals surface area contributed by atoms with Crippen LogP contribution in [-0.4, -0.2) is 18.4 Å². The lowest BCUT2D eigenvalue weighted by Crippen LogP contribution is -2.36. The highest BCUT2D eigenvalue weighted by atomic mass is 16.4. The summed E-state index contributed by atoms with van der Waals surface area (Å²) in [6.07, 6.45) is 0.989. The second-order valence-electron chi connectivity index (χ2n) is 1.29. The normalized spacial score (nSPS) is 8.00. The molecule has 4 heteroatoms. The molecule has 0 unspecified atom stereocenters. The molecule has 1 amide bonds. The molecule has 0 spiro atoms. The number of carboxylic acid groups (broad SMARTS) is 1. The summed E-state index contributed by atoms with van der Waals surface area (Å²) in [5, 5.41) is 11.7. The lowest BCUT2D eigenvalue weighted by molar-refractivity contribution is -0.303. The molecule has 9 heavy (non-hydrogen) atoms. The molecular weight excluding hydrogens is 122 g/mol. The highest BCUT2D eigenvalue weighted by Gasteiger charge is 1.89. The van der Waals surface area contributed by atoms with Crippen LogP contribution in [0.2, 0.25) is 0 Å². The smallest absolute Gasteiger partial charge is 0.243 e. The van der Waals surface area contributed by atoms with E-state index in [0.29, 0.717) is 0 Å². The third kappa shape index (κ3) is 4.53. The van der Waals surface area contributed by atoms with Crippen molar-refractivity contribution in [3.05, 3.63) is 12.7 Å². The van der Waals surface area contributed by atoms with Gasteiger partial charge in [-0.1, -0.05) is 6.58 Å². The number of hydrogen-bond donors (Lipinski definition) is 1. The van der Waals surface area contributed by atoms with Crippen LogP contribution in [0.1, 0.15) is 0 Å². The Hall–Kier alpha value is -1.32. The van der Waals surface area contributed by atoms with Crippen LogP contribution in [0.5, 0.6) is 0 Å². The summed E-state index contributed by atoms with van der Waals surface area (Å²) < 4.78 is 0. The Morgan fingerprint density at radius 2 is 2.22 bits per heavy atom. The molecule has 0 rings (SSSR count). The van der Waals surface area contributed by atoms with Gasteiger partial charge in [-0.3, -0.25) is 4.79 Å². The van der Waals surface area contributed by atoms with Gasteiger partial charge in [-0.15, -0.1) is 0 Å². The summed E-state index contributed by atoms with van der Waals surface area (Å²) in [5.41, 5.74) is 0. The quantitative estimate of drug-likeness (QED) is 0.448. The Bertz CT molecular complexity index is 141. The van der Waals surface area contributed by atoms with E-state index >= 15 is 0 Å². The predicted octanol–water partition coefficient (Wildman–Crippen LogP) is -1.96. The molecule has 4 nitrogen and oxygen atoms in total. The second-order valence-corrected chi connectivity index (χ2v) is 1.29. The maximum absolute atomic E-state index is 10.2. The lowest BCUT2D eigenvalue weighted by Gasteiger charge is -2.00. The number of aliphatic carboxylic acids is 1. The minimum Gasteiger partial charge on any atom is -0.548 e. The fourth-order valence-electron chi connectivity index (χ4n) is 0.231. The van der Waals surface area contributed by atoms with E-state index in [0.717, 1.165) is 6.08 Å². The van der Waals surface area contributed by atoms with Gasteiger partial charge in [-0.05, 0) is 6.08 Å². The van der Waals surface area contributed by atoms with Crippen molar-refractivity contribution in [1.82, 2.24) is 5.32 Å². The number of nitrogens with one attached hydrogen (secondary N) is 1. The van der Waals surface area contributed by atoms with Crippen molar-refractivity contribution >= 4 is 11.9 Å². The van der Waals surface area contributed by atoms with Crippen LogP contribution in [0, 0.1) is 0 Å². The number of rotatable bonds is 3. The van der Waals surface area contributed by atoms with Crippen molar-refractivity contribution in [3.8, 4) is 0 Å². The average Bonchev–Trinajstić information content (AvgIpc) is 1.83. The van der Waals surface area contributed by atoms with Gasteiger partial charge in [0.1, 0.15) is 0 Å². The SMILES string of the molecule is C=CC(=O)NCC(=O)[O-]. The highest BCUT2D eigenvalue weighted by Crippen LogP contribution is 1.63. The zero-order valence-electron chi connectivity index (χ0n) is 4.72. The third-order valence-corrected chi connectivity index (χ3v) is 0.592. The predicted molar refractivity (Wildman–Crippen MR) is 28.2 cm³/mol. The van der Waals surface area contributed by atoms with E-state index in [4.69, 9.17) is 0 Å². The summed E-state index contributed by atoms with van der Waals surface area (Å²) in [6, 6.07) is 0. The van der Waals surface area contributed by atoms with Crippen molar-refractivity contribution in [3.63, 3.8) is 0 Å². The minimum absolute atomic E-state index is 0.467. The van der Waals surface area contributed by atoms with E-state index in [1.165, 1.54) is 0 Å². The van der Waals surface area contributed by atoms with Crippen LogP contribution in [0.25, 0.3) is 0 Å². The molecule has 0 fully saturated rings. The molecule has 0 aromatic carbocycles. The summed E-state index contributed by atoms with van der Waals surface area (Å²) >= 11 is 0. The molecule has 0 aliphatic heterocycles. The first kappa shape index (κ1) is 7.68. The Morgan fingerprint density at radius 3 is 2.56 bits per heavy atom. The first-order valence-electron chi connectivity index (χ1n) is 2.27. The maximum Gasteiger partial charge on any atom is 0.243 e. The van der Waals surface area contributed by atoms with Crippen LogP contribution in [-0.2, 0) is 9.59 Å². The van der Waals surface area contributed by atoms with Gasteiger partial charge in [0.15, 0.2) is 0 Å². The highest BCUT2D eigenvalue weighted by molar-refractivity contribution is 5.89. The second kappa shape index (κ2) is 3.65. The Kier molecular flexibility index (Phi) is 3.12. The van der Waals surface area contributed by atoms with Gasteiger partial charge in [0.2, 0.25) is 5.91 Å². The monoisotopic (exact) mass is 128 g/mol. The molecule has 0 radical (unpaired) electrons. The van der Waals surface area contributed by atoms with Crippen LogP contribution < -0.4 is 10.4 Å². The first-order chi connectivity index (χ1) is 4.16. The van der Waals surface area contributed by atoms with Crippen molar-refractivity contribution in [1.29, 1.82) is 0 Å². The number of amides is 1. The van der Waals surface area contributed by atoms with E-state index in [1.807, 2.05) is 5.32 Å². The molecule has 0 atom stereocenters. The average molecular weight is 128 g/mol. The van der Waals surface area contributed by atoms with Crippen LogP contribution in [0.15, 0.2) is 12.7 Å². The number of hydrogen-bond acceptors (Lipinski definition) is 3. The summed E-state index contributed by atoms with van der Waals surface area (Å²) in [5.74, 6) is -1.83. The summed E-state index contributed by atoms with van der Waals surface area (Å²) in [4.78, 5) is 19.9. The lowest BCUT2D eigenvalue weighted by atomic mass is 10.5. The van der Waals surface area contributed by atoms with Crippen LogP contribution in [0.3, 0.4) is 0 Å². The standard InChI is InChI=1S/C5H7NO3/c1-2-4(7)6-3-5(8)9/h2H,1,3H2,(H,6,7)(H,8,9)/p-1. The van der Waals surface area contributed by atoms with E-state index < -0.39 is 18.4 Å². The maximum atomic E-state index is 10.2. The van der Waals surface area contributed by atoms with E-state index in [1.54, 1.807) is 0 Å². The van der Waals surface area contributed by atoms with Gasteiger partial charge in [-0.2, -0.15) is 0 Å². The van der Waals surface area contributed by atoms with Gasteiger partial charge in [0, 0.05) is 0 Å². The third-order valence-electron chi connectivity index (χ3n) is 0.592. The molecule has 0 aromatic rings. The Balaban J connectivity index is 3.39. The van der Waals surface area contributed by atoms with E-state index in [9.17, 15) is 14.7 Å². The number of carbonyl (C=O) groups is 2. The van der Waals surface area contributed by atoms with Crippen molar-refractivity contribution in [2.45, 2.75) is 0 Å². The zero-order valence-corrected chi connectivity index (χ0v) is 4.72. The molecule has 0 bridgehead atoms. The topological polar surface area (TPSA) is 69.2 Å². The molecular formula is C5H6NO3-. The number of carboxylic acids is 1. The largest absolute Gasteiger partial charge is 0.548 e. The molecule has 1 N–H and O–H groups in total. The zero-order chi connectivity index (χ0) is 7.28. The molecule has 0 aliphatic carbocycles. The van der Waals surface area contributed by atoms with Gasteiger partial charge >= 0.3 is 0 Å². The van der Waals surface area contributed by atoms with Gasteiger partial charge in [0.05, 0.1) is 12.5 Å². The minimum atomic E-state index is -1.31. The molecule has 50 valence electrons. The van der Waals surface area contributed by atoms with Gasteiger partial charge in [0.25, 0.3) is 0 Å². The Morgan fingerprint density at radius 1 is 1.67 bits per heavy atom. The first-order valence-corrected chi connectivity index (χ1v) is 2.27. The number of carbonyl (C=O) groups excluding carboxylic acids is 2. The summed E-state index contributed by atoms with van der Waals surface area (Å²) in [7, 11) is 0. The van der Waals surface area contributed by atoms with Gasteiger partial charge < -0.3 is 15.2 Å². The molecule has 0 saturated heterocycles. The van der Waals surface area contributed by atoms with Crippen molar-refractivity contribution in [2.24, 2.45) is 0 Å². The molecule has 0 aliphatic rings. The molecule has 0 aromatic heterocycles. The molecule has 0 heterocycles. The van der Waals surface area contributed by atoms with Crippen LogP contribution >= 0.6 is 0 Å². The fraction of sp³-hybridized carbons (Fsp3) is 0.200. The van der Waals surface area contributed by atoms with E-state index in [-0.39, 0.29) is 0 Å². The van der Waals surface area contributed by atoms with Gasteiger partial charge in [-0.25, -0.2) is 0 Å².